The minimum atomic E-state index is -0.576. The van der Waals surface area contributed by atoms with E-state index >= 15 is 0 Å². The van der Waals surface area contributed by atoms with Crippen LogP contribution in [0.4, 0.5) is 21.9 Å². The number of ether oxygens (including phenoxy) is 1. The van der Waals surface area contributed by atoms with Gasteiger partial charge in [-0.2, -0.15) is 0 Å². The van der Waals surface area contributed by atoms with E-state index in [0.717, 1.165) is 11.1 Å². The molecule has 0 bridgehead atoms. The van der Waals surface area contributed by atoms with E-state index in [2.05, 4.69) is 20.3 Å². The van der Waals surface area contributed by atoms with Crippen LogP contribution in [0.2, 0.25) is 0 Å². The Labute approximate surface area is 217 Å². The standard InChI is InChI=1S/C28H24N6O4/c29-22-5-1-2-6-23(22)31-26(35)20-9-7-18(8-10-20)16-34(28(37)38-17-19-4-3-13-30-15-19)21-11-12-24-25(14-21)33-27(36)32-24/h1-15H,16-17,29H2,(H,31,35)(H2,32,33,36). The number of anilines is 3. The first-order chi connectivity index (χ1) is 18.5. The first-order valence-electron chi connectivity index (χ1n) is 11.8. The molecule has 10 nitrogen and oxygen atoms in total. The molecule has 0 unspecified atom stereocenters. The number of pyridine rings is 1. The molecule has 3 aromatic carbocycles. The Kier molecular flexibility index (Phi) is 6.85. The third-order valence-corrected chi connectivity index (χ3v) is 5.88. The van der Waals surface area contributed by atoms with Crippen molar-refractivity contribution in [3.63, 3.8) is 0 Å². The third-order valence-electron chi connectivity index (χ3n) is 5.88. The molecule has 10 heteroatoms. The van der Waals surface area contributed by atoms with E-state index in [1.165, 1.54) is 4.90 Å². The second kappa shape index (κ2) is 10.7. The number of nitrogen functional groups attached to an aromatic ring is 1. The molecule has 0 spiro atoms. The zero-order valence-electron chi connectivity index (χ0n) is 20.2. The topological polar surface area (TPSA) is 146 Å². The lowest BCUT2D eigenvalue weighted by atomic mass is 10.1. The molecule has 0 aliphatic rings. The van der Waals surface area contributed by atoms with Gasteiger partial charge < -0.3 is 25.8 Å². The van der Waals surface area contributed by atoms with Gasteiger partial charge in [0, 0.05) is 29.2 Å². The second-order valence-corrected chi connectivity index (χ2v) is 8.55. The maximum Gasteiger partial charge on any atom is 0.414 e. The summed E-state index contributed by atoms with van der Waals surface area (Å²) >= 11 is 0. The molecule has 0 radical (unpaired) electrons. The molecule has 0 atom stereocenters. The molecule has 0 saturated heterocycles. The quantitative estimate of drug-likeness (QED) is 0.239. The summed E-state index contributed by atoms with van der Waals surface area (Å²) in [6.07, 6.45) is 2.69. The summed E-state index contributed by atoms with van der Waals surface area (Å²) in [6.45, 7) is 0.216. The number of nitrogens with one attached hydrogen (secondary N) is 3. The van der Waals surface area contributed by atoms with Gasteiger partial charge in [0.1, 0.15) is 6.61 Å². The first-order valence-corrected chi connectivity index (χ1v) is 11.8. The van der Waals surface area contributed by atoms with Crippen LogP contribution in [0.25, 0.3) is 11.0 Å². The average molecular weight is 509 g/mol. The van der Waals surface area contributed by atoms with Crippen molar-refractivity contribution in [1.82, 2.24) is 15.0 Å². The first kappa shape index (κ1) is 24.3. The zero-order chi connectivity index (χ0) is 26.5. The van der Waals surface area contributed by atoms with Crippen molar-refractivity contribution in [1.29, 1.82) is 0 Å². The van der Waals surface area contributed by atoms with Gasteiger partial charge in [-0.15, -0.1) is 0 Å². The average Bonchev–Trinajstić information content (AvgIpc) is 3.31. The van der Waals surface area contributed by atoms with E-state index in [9.17, 15) is 14.4 Å². The molecular weight excluding hydrogens is 484 g/mol. The number of nitrogens with zero attached hydrogens (tertiary/aromatic N) is 2. The number of hydrogen-bond donors (Lipinski definition) is 4. The number of fused-ring (bicyclic) bond motifs is 1. The second-order valence-electron chi connectivity index (χ2n) is 8.55. The van der Waals surface area contributed by atoms with Crippen molar-refractivity contribution in [2.24, 2.45) is 0 Å². The van der Waals surface area contributed by atoms with E-state index < -0.39 is 6.09 Å². The van der Waals surface area contributed by atoms with Crippen molar-refractivity contribution < 1.29 is 14.3 Å². The molecule has 0 fully saturated rings. The number of nitrogens with two attached hydrogens (primary N) is 1. The van der Waals surface area contributed by atoms with Gasteiger partial charge in [0.15, 0.2) is 0 Å². The summed E-state index contributed by atoms with van der Waals surface area (Å²) in [5.74, 6) is -0.302. The molecule has 2 aromatic heterocycles. The fourth-order valence-corrected chi connectivity index (χ4v) is 3.91. The van der Waals surface area contributed by atoms with Crippen LogP contribution < -0.4 is 21.6 Å². The van der Waals surface area contributed by atoms with Crippen LogP contribution in [0.1, 0.15) is 21.5 Å². The lowest BCUT2D eigenvalue weighted by molar-refractivity contribution is 0.102. The highest BCUT2D eigenvalue weighted by Crippen LogP contribution is 2.23. The molecule has 5 rings (SSSR count). The molecule has 38 heavy (non-hydrogen) atoms. The van der Waals surface area contributed by atoms with Gasteiger partial charge in [0.25, 0.3) is 5.91 Å². The molecule has 190 valence electrons. The van der Waals surface area contributed by atoms with Gasteiger partial charge in [0.05, 0.1) is 29.0 Å². The number of imidazole rings is 1. The molecule has 5 N–H and O–H groups in total. The number of carbonyl (C=O) groups excluding carboxylic acids is 2. The Hall–Kier alpha value is -5.38. The van der Waals surface area contributed by atoms with Gasteiger partial charge in [-0.25, -0.2) is 9.59 Å². The van der Waals surface area contributed by atoms with Gasteiger partial charge in [-0.3, -0.25) is 14.7 Å². The minimum absolute atomic E-state index is 0.0497. The molecule has 2 amide bonds. The Morgan fingerprint density at radius 1 is 0.921 bits per heavy atom. The highest BCUT2D eigenvalue weighted by molar-refractivity contribution is 6.05. The van der Waals surface area contributed by atoms with E-state index in [4.69, 9.17) is 10.5 Å². The number of H-pyrrole nitrogens is 2. The predicted octanol–water partition coefficient (Wildman–Crippen LogP) is 4.43. The lowest BCUT2D eigenvalue weighted by Crippen LogP contribution is -2.31. The summed E-state index contributed by atoms with van der Waals surface area (Å²) in [5.41, 5.74) is 10.2. The summed E-state index contributed by atoms with van der Waals surface area (Å²) in [5, 5.41) is 2.80. The number of benzene rings is 3. The summed E-state index contributed by atoms with van der Waals surface area (Å²) < 4.78 is 5.56. The van der Waals surface area contributed by atoms with Crippen LogP contribution in [-0.4, -0.2) is 27.0 Å². The van der Waals surface area contributed by atoms with Crippen molar-refractivity contribution in [2.75, 3.05) is 16.0 Å². The molecule has 5 aromatic rings. The van der Waals surface area contributed by atoms with Crippen LogP contribution in [0.5, 0.6) is 0 Å². The molecular formula is C28H24N6O4. The number of aromatic amines is 2. The van der Waals surface area contributed by atoms with Gasteiger partial charge in [-0.1, -0.05) is 30.3 Å². The van der Waals surface area contributed by atoms with Crippen molar-refractivity contribution in [3.05, 3.63) is 118 Å². The number of rotatable bonds is 7. The largest absolute Gasteiger partial charge is 0.444 e. The Morgan fingerprint density at radius 3 is 2.47 bits per heavy atom. The Bertz CT molecular complexity index is 1640. The molecule has 2 heterocycles. The van der Waals surface area contributed by atoms with Crippen molar-refractivity contribution >= 4 is 40.1 Å². The van der Waals surface area contributed by atoms with Gasteiger partial charge >= 0.3 is 11.8 Å². The van der Waals surface area contributed by atoms with Crippen molar-refractivity contribution in [3.8, 4) is 0 Å². The monoisotopic (exact) mass is 508 g/mol. The molecule has 0 aliphatic carbocycles. The SMILES string of the molecule is Nc1ccccc1NC(=O)c1ccc(CN(C(=O)OCc2cccnc2)c2ccc3[nH]c(=O)[nH]c3c2)cc1. The van der Waals surface area contributed by atoms with E-state index in [1.54, 1.807) is 85.2 Å². The van der Waals surface area contributed by atoms with Crippen LogP contribution in [-0.2, 0) is 17.9 Å². The Balaban J connectivity index is 1.36. The highest BCUT2D eigenvalue weighted by atomic mass is 16.6. The van der Waals surface area contributed by atoms with Crippen LogP contribution in [0.3, 0.4) is 0 Å². The summed E-state index contributed by atoms with van der Waals surface area (Å²) in [7, 11) is 0. The summed E-state index contributed by atoms with van der Waals surface area (Å²) in [6, 6.07) is 22.6. The number of aromatic nitrogens is 3. The number of amides is 2. The number of para-hydroxylation sites is 2. The van der Waals surface area contributed by atoms with E-state index in [0.29, 0.717) is 33.7 Å². The maximum atomic E-state index is 13.2. The highest BCUT2D eigenvalue weighted by Gasteiger charge is 2.19. The zero-order valence-corrected chi connectivity index (χ0v) is 20.2. The van der Waals surface area contributed by atoms with Gasteiger partial charge in [-0.05, 0) is 54.1 Å². The predicted molar refractivity (Wildman–Crippen MR) is 145 cm³/mol. The van der Waals surface area contributed by atoms with Crippen LogP contribution in [0, 0.1) is 0 Å². The maximum absolute atomic E-state index is 13.2. The minimum Gasteiger partial charge on any atom is -0.444 e. The fraction of sp³-hybridized carbons (Fsp3) is 0.0714. The third kappa shape index (κ3) is 5.54. The lowest BCUT2D eigenvalue weighted by Gasteiger charge is -2.23. The van der Waals surface area contributed by atoms with Crippen LogP contribution >= 0.6 is 0 Å². The normalized spacial score (nSPS) is 10.7. The number of hydrogen-bond acceptors (Lipinski definition) is 6. The van der Waals surface area contributed by atoms with Crippen LogP contribution in [0.15, 0.2) is 96.1 Å². The molecule has 0 aliphatic heterocycles. The summed E-state index contributed by atoms with van der Waals surface area (Å²) in [4.78, 5) is 48.5. The molecule has 0 saturated carbocycles. The van der Waals surface area contributed by atoms with E-state index in [1.807, 2.05) is 6.07 Å². The Morgan fingerprint density at radius 2 is 1.71 bits per heavy atom. The van der Waals surface area contributed by atoms with Crippen molar-refractivity contribution in [2.45, 2.75) is 13.2 Å². The fourth-order valence-electron chi connectivity index (χ4n) is 3.91. The number of carbonyl (C=O) groups is 2. The van der Waals surface area contributed by atoms with E-state index in [-0.39, 0.29) is 24.7 Å². The van der Waals surface area contributed by atoms with Gasteiger partial charge in [0.2, 0.25) is 0 Å². The smallest absolute Gasteiger partial charge is 0.414 e.